The molecule has 28 heavy (non-hydrogen) atoms. The first-order valence-electron chi connectivity index (χ1n) is 9.32. The van der Waals surface area contributed by atoms with Gasteiger partial charge < -0.3 is 9.84 Å². The van der Waals surface area contributed by atoms with Gasteiger partial charge in [0.25, 0.3) is 0 Å². The van der Waals surface area contributed by atoms with E-state index < -0.39 is 0 Å². The largest absolute Gasteiger partial charge is 0.496 e. The summed E-state index contributed by atoms with van der Waals surface area (Å²) in [6, 6.07) is 7.71. The molecule has 1 fully saturated rings. The summed E-state index contributed by atoms with van der Waals surface area (Å²) < 4.78 is 5.38. The summed E-state index contributed by atoms with van der Waals surface area (Å²) in [5.41, 5.74) is 2.81. The number of β-amino-alcohol motifs (C(OH)–C–C–N with tert-alkyl or cyclic N) is 1. The highest BCUT2D eigenvalue weighted by Gasteiger charge is 2.31. The summed E-state index contributed by atoms with van der Waals surface area (Å²) in [7, 11) is 1.64. The number of ether oxygens (including phenoxy) is 1. The predicted molar refractivity (Wildman–Crippen MR) is 105 cm³/mol. The molecule has 1 saturated heterocycles. The number of likely N-dealkylation sites (tertiary alicyclic amines) is 1. The quantitative estimate of drug-likeness (QED) is 0.703. The Kier molecular flexibility index (Phi) is 5.55. The number of aliphatic hydroxyl groups is 1. The fourth-order valence-electron chi connectivity index (χ4n) is 3.64. The van der Waals surface area contributed by atoms with Crippen LogP contribution in [0.5, 0.6) is 5.75 Å². The summed E-state index contributed by atoms with van der Waals surface area (Å²) in [6.07, 6.45) is 9.17. The zero-order valence-corrected chi connectivity index (χ0v) is 15.8. The molecule has 0 radical (unpaired) electrons. The molecule has 1 N–H and O–H groups in total. The van der Waals surface area contributed by atoms with Crippen LogP contribution >= 0.6 is 0 Å². The number of benzene rings is 1. The van der Waals surface area contributed by atoms with Gasteiger partial charge in [-0.05, 0) is 18.6 Å². The van der Waals surface area contributed by atoms with E-state index in [0.29, 0.717) is 18.9 Å². The summed E-state index contributed by atoms with van der Waals surface area (Å²) in [4.78, 5) is 19.7. The summed E-state index contributed by atoms with van der Waals surface area (Å²) >= 11 is 0. The Morgan fingerprint density at radius 1 is 1.07 bits per heavy atom. The van der Waals surface area contributed by atoms with Crippen molar-refractivity contribution >= 4 is 0 Å². The third kappa shape index (κ3) is 4.16. The lowest BCUT2D eigenvalue weighted by atomic mass is 10.0. The fourth-order valence-corrected chi connectivity index (χ4v) is 3.64. The van der Waals surface area contributed by atoms with E-state index in [-0.39, 0.29) is 12.0 Å². The lowest BCUT2D eigenvalue weighted by molar-refractivity contribution is 0.140. The van der Waals surface area contributed by atoms with E-state index >= 15 is 0 Å². The van der Waals surface area contributed by atoms with Crippen molar-refractivity contribution in [1.82, 2.24) is 24.8 Å². The number of rotatable bonds is 6. The average Bonchev–Trinajstić information content (AvgIpc) is 3.08. The number of aromatic nitrogens is 4. The molecular weight excluding hydrogens is 354 g/mol. The second-order valence-corrected chi connectivity index (χ2v) is 7.04. The molecule has 0 saturated carbocycles. The smallest absolute Gasteiger partial charge is 0.162 e. The summed E-state index contributed by atoms with van der Waals surface area (Å²) in [5, 5.41) is 10.4. The maximum absolute atomic E-state index is 10.4. The summed E-state index contributed by atoms with van der Waals surface area (Å²) in [6.45, 7) is 2.16. The van der Waals surface area contributed by atoms with Gasteiger partial charge in [0.05, 0.1) is 24.5 Å². The van der Waals surface area contributed by atoms with Crippen LogP contribution in [0.3, 0.4) is 0 Å². The van der Waals surface area contributed by atoms with E-state index in [1.165, 1.54) is 0 Å². The van der Waals surface area contributed by atoms with Crippen molar-refractivity contribution in [1.29, 1.82) is 0 Å². The molecule has 0 spiro atoms. The second kappa shape index (κ2) is 8.41. The van der Waals surface area contributed by atoms with Gasteiger partial charge in [-0.15, -0.1) is 0 Å². The molecule has 144 valence electrons. The Labute approximate surface area is 164 Å². The second-order valence-electron chi connectivity index (χ2n) is 7.04. The first kappa shape index (κ1) is 18.5. The molecule has 3 aromatic rings. The maximum atomic E-state index is 10.4. The minimum absolute atomic E-state index is 0.158. The third-order valence-corrected chi connectivity index (χ3v) is 5.03. The van der Waals surface area contributed by atoms with Crippen molar-refractivity contribution in [3.8, 4) is 17.1 Å². The average molecular weight is 377 g/mol. The molecule has 4 rings (SSSR count). The molecule has 2 atom stereocenters. The van der Waals surface area contributed by atoms with E-state index in [2.05, 4.69) is 24.8 Å². The Balaban J connectivity index is 1.40. The van der Waals surface area contributed by atoms with Crippen molar-refractivity contribution < 1.29 is 9.84 Å². The first-order valence-corrected chi connectivity index (χ1v) is 9.32. The molecule has 1 aliphatic rings. The standard InChI is InChI=1S/C21H23N5O2/c1-28-20-5-3-2-4-18(20)21-24-9-15(10-25-21)12-26-13-16(19(27)14-26)8-17-11-22-6-7-23-17/h2-7,9-11,16,19,27H,8,12-14H2,1H3/t16-,19-/m1/s1. The number of hydrogen-bond acceptors (Lipinski definition) is 7. The third-order valence-electron chi connectivity index (χ3n) is 5.03. The number of aliphatic hydroxyl groups excluding tert-OH is 1. The number of para-hydroxylation sites is 1. The van der Waals surface area contributed by atoms with E-state index in [1.54, 1.807) is 25.7 Å². The molecule has 3 heterocycles. The molecule has 0 amide bonds. The zero-order valence-electron chi connectivity index (χ0n) is 15.8. The van der Waals surface area contributed by atoms with Crippen LogP contribution < -0.4 is 4.74 Å². The summed E-state index contributed by atoms with van der Waals surface area (Å²) in [5.74, 6) is 1.55. The molecule has 2 aromatic heterocycles. The van der Waals surface area contributed by atoms with Crippen LogP contribution in [-0.2, 0) is 13.0 Å². The van der Waals surface area contributed by atoms with Crippen LogP contribution in [0.2, 0.25) is 0 Å². The van der Waals surface area contributed by atoms with E-state index in [4.69, 9.17) is 4.74 Å². The topological polar surface area (TPSA) is 84.3 Å². The normalized spacial score (nSPS) is 19.6. The Morgan fingerprint density at radius 2 is 1.89 bits per heavy atom. The van der Waals surface area contributed by atoms with Gasteiger partial charge in [-0.1, -0.05) is 12.1 Å². The zero-order chi connectivity index (χ0) is 19.3. The Hall–Kier alpha value is -2.90. The molecule has 0 unspecified atom stereocenters. The van der Waals surface area contributed by atoms with Crippen LogP contribution in [-0.4, -0.2) is 56.2 Å². The highest BCUT2D eigenvalue weighted by molar-refractivity contribution is 5.63. The molecule has 1 aliphatic heterocycles. The van der Waals surface area contributed by atoms with Crippen molar-refractivity contribution in [2.75, 3.05) is 20.2 Å². The molecule has 0 bridgehead atoms. The highest BCUT2D eigenvalue weighted by atomic mass is 16.5. The monoisotopic (exact) mass is 377 g/mol. The lowest BCUT2D eigenvalue weighted by Crippen LogP contribution is -2.21. The molecule has 1 aromatic carbocycles. The highest BCUT2D eigenvalue weighted by Crippen LogP contribution is 2.27. The van der Waals surface area contributed by atoms with Crippen molar-refractivity contribution in [3.05, 3.63) is 66.5 Å². The van der Waals surface area contributed by atoms with Gasteiger partial charge in [0, 0.05) is 62.1 Å². The number of nitrogens with zero attached hydrogens (tertiary/aromatic N) is 5. The molecule has 7 nitrogen and oxygen atoms in total. The predicted octanol–water partition coefficient (Wildman–Crippen LogP) is 1.98. The van der Waals surface area contributed by atoms with Gasteiger partial charge in [0.1, 0.15) is 5.75 Å². The van der Waals surface area contributed by atoms with Gasteiger partial charge in [-0.25, -0.2) is 9.97 Å². The van der Waals surface area contributed by atoms with Gasteiger partial charge >= 0.3 is 0 Å². The van der Waals surface area contributed by atoms with E-state index in [0.717, 1.165) is 35.5 Å². The van der Waals surface area contributed by atoms with Crippen molar-refractivity contribution in [2.45, 2.75) is 19.1 Å². The van der Waals surface area contributed by atoms with Crippen LogP contribution in [0.15, 0.2) is 55.2 Å². The van der Waals surface area contributed by atoms with Crippen LogP contribution in [0.4, 0.5) is 0 Å². The Bertz CT molecular complexity index is 904. The fraction of sp³-hybridized carbons (Fsp3) is 0.333. The Morgan fingerprint density at radius 3 is 2.64 bits per heavy atom. The SMILES string of the molecule is COc1ccccc1-c1ncc(CN2C[C@@H](Cc3cnccn3)[C@H](O)C2)cn1. The molecular formula is C21H23N5O2. The van der Waals surface area contributed by atoms with Crippen LogP contribution in [0.1, 0.15) is 11.3 Å². The van der Waals surface area contributed by atoms with Crippen LogP contribution in [0, 0.1) is 5.92 Å². The molecule has 7 heteroatoms. The molecule has 0 aliphatic carbocycles. The van der Waals surface area contributed by atoms with Crippen molar-refractivity contribution in [3.63, 3.8) is 0 Å². The maximum Gasteiger partial charge on any atom is 0.162 e. The first-order chi connectivity index (χ1) is 13.7. The lowest BCUT2D eigenvalue weighted by Gasteiger charge is -2.15. The minimum atomic E-state index is -0.365. The van der Waals surface area contributed by atoms with Gasteiger partial charge in [-0.2, -0.15) is 0 Å². The van der Waals surface area contributed by atoms with Gasteiger partial charge in [0.2, 0.25) is 0 Å². The number of methoxy groups -OCH3 is 1. The van der Waals surface area contributed by atoms with Gasteiger partial charge in [-0.3, -0.25) is 14.9 Å². The van der Waals surface area contributed by atoms with E-state index in [9.17, 15) is 5.11 Å². The van der Waals surface area contributed by atoms with E-state index in [1.807, 2.05) is 36.7 Å². The minimum Gasteiger partial charge on any atom is -0.496 e. The van der Waals surface area contributed by atoms with Crippen LogP contribution in [0.25, 0.3) is 11.4 Å². The number of hydrogen-bond donors (Lipinski definition) is 1. The van der Waals surface area contributed by atoms with Gasteiger partial charge in [0.15, 0.2) is 5.82 Å². The van der Waals surface area contributed by atoms with Crippen molar-refractivity contribution in [2.24, 2.45) is 5.92 Å².